The Balaban J connectivity index is 2.22. The third-order valence-electron chi connectivity index (χ3n) is 3.83. The molecule has 0 atom stereocenters. The summed E-state index contributed by atoms with van der Waals surface area (Å²) >= 11 is 0. The minimum atomic E-state index is -0.901. The molecule has 1 aromatic carbocycles. The molecule has 0 unspecified atom stereocenters. The highest BCUT2D eigenvalue weighted by Crippen LogP contribution is 2.40. The lowest BCUT2D eigenvalue weighted by atomic mass is 10.2. The molecule has 22 heavy (non-hydrogen) atoms. The van der Waals surface area contributed by atoms with E-state index in [0.29, 0.717) is 34.5 Å². The van der Waals surface area contributed by atoms with Crippen molar-refractivity contribution in [2.75, 3.05) is 0 Å². The van der Waals surface area contributed by atoms with E-state index in [1.165, 1.54) is 12.3 Å². The van der Waals surface area contributed by atoms with Crippen LogP contribution in [0, 0.1) is 11.6 Å². The molecule has 6 heteroatoms. The molecule has 1 saturated carbocycles. The number of hydrogen-bond donors (Lipinski definition) is 2. The highest BCUT2D eigenvalue weighted by atomic mass is 19.2. The monoisotopic (exact) mass is 304 g/mol. The van der Waals surface area contributed by atoms with E-state index in [2.05, 4.69) is 4.98 Å². The van der Waals surface area contributed by atoms with Gasteiger partial charge in [-0.25, -0.2) is 13.8 Å². The molecule has 0 amide bonds. The van der Waals surface area contributed by atoms with E-state index < -0.39 is 11.6 Å². The molecule has 1 fully saturated rings. The minimum absolute atomic E-state index is 0.246. The number of fused-ring (bicyclic) bond motifs is 1. The van der Waals surface area contributed by atoms with Gasteiger partial charge in [-0.3, -0.25) is 0 Å². The normalized spacial score (nSPS) is 16.5. The van der Waals surface area contributed by atoms with Crippen molar-refractivity contribution >= 4 is 16.6 Å². The molecule has 0 radical (unpaired) electrons. The van der Waals surface area contributed by atoms with E-state index in [4.69, 9.17) is 11.5 Å². The number of rotatable bonds is 4. The van der Waals surface area contributed by atoms with Crippen molar-refractivity contribution in [3.63, 3.8) is 0 Å². The zero-order valence-corrected chi connectivity index (χ0v) is 12.3. The number of hydrogen-bond acceptors (Lipinski definition) is 3. The highest BCUT2D eigenvalue weighted by molar-refractivity contribution is 5.82. The summed E-state index contributed by atoms with van der Waals surface area (Å²) in [6.07, 6.45) is 5.84. The van der Waals surface area contributed by atoms with Crippen molar-refractivity contribution in [3.8, 4) is 0 Å². The Labute approximate surface area is 127 Å². The molecule has 1 aromatic heterocycles. The zero-order chi connectivity index (χ0) is 15.9. The Morgan fingerprint density at radius 3 is 2.64 bits per heavy atom. The molecular weight excluding hydrogens is 286 g/mol. The third kappa shape index (κ3) is 2.45. The molecule has 1 heterocycles. The molecule has 2 aromatic rings. The number of halogens is 2. The maximum atomic E-state index is 13.6. The SMILES string of the molecule is CC/C(N)=C/C(=C\N)c1nc2cc(F)c(F)cc2n1C1CC1. The molecule has 4 N–H and O–H groups in total. The Bertz CT molecular complexity index is 785. The van der Waals surface area contributed by atoms with E-state index in [0.717, 1.165) is 18.9 Å². The second-order valence-corrected chi connectivity index (χ2v) is 5.49. The molecule has 116 valence electrons. The Kier molecular flexibility index (Phi) is 3.60. The number of nitrogens with zero attached hydrogens (tertiary/aromatic N) is 2. The fourth-order valence-electron chi connectivity index (χ4n) is 2.49. The predicted molar refractivity (Wildman–Crippen MR) is 82.6 cm³/mol. The van der Waals surface area contributed by atoms with Crippen LogP contribution in [0.4, 0.5) is 8.78 Å². The van der Waals surface area contributed by atoms with E-state index in [9.17, 15) is 8.78 Å². The van der Waals surface area contributed by atoms with Crippen LogP contribution >= 0.6 is 0 Å². The highest BCUT2D eigenvalue weighted by Gasteiger charge is 2.29. The molecular formula is C16H18F2N4. The van der Waals surface area contributed by atoms with Crippen LogP contribution in [0.25, 0.3) is 16.6 Å². The first kappa shape index (κ1) is 14.6. The third-order valence-corrected chi connectivity index (χ3v) is 3.83. The van der Waals surface area contributed by atoms with Gasteiger partial charge in [0.25, 0.3) is 0 Å². The van der Waals surface area contributed by atoms with Gasteiger partial charge in [0.05, 0.1) is 11.0 Å². The summed E-state index contributed by atoms with van der Waals surface area (Å²) in [4.78, 5) is 4.44. The van der Waals surface area contributed by atoms with Crippen LogP contribution < -0.4 is 11.5 Å². The van der Waals surface area contributed by atoms with E-state index in [1.54, 1.807) is 6.08 Å². The molecule has 0 bridgehead atoms. The second kappa shape index (κ2) is 5.44. The zero-order valence-electron chi connectivity index (χ0n) is 12.3. The lowest BCUT2D eigenvalue weighted by Crippen LogP contribution is -2.04. The Morgan fingerprint density at radius 1 is 1.36 bits per heavy atom. The topological polar surface area (TPSA) is 69.9 Å². The fraction of sp³-hybridized carbons (Fsp3) is 0.312. The van der Waals surface area contributed by atoms with Gasteiger partial charge in [-0.2, -0.15) is 0 Å². The number of allylic oxidation sites excluding steroid dienone is 3. The van der Waals surface area contributed by atoms with Crippen LogP contribution in [0.5, 0.6) is 0 Å². The maximum absolute atomic E-state index is 13.6. The minimum Gasteiger partial charge on any atom is -0.404 e. The van der Waals surface area contributed by atoms with Crippen LogP contribution in [-0.4, -0.2) is 9.55 Å². The van der Waals surface area contributed by atoms with Crippen LogP contribution in [0.1, 0.15) is 38.1 Å². The number of benzene rings is 1. The summed E-state index contributed by atoms with van der Waals surface area (Å²) in [7, 11) is 0. The van der Waals surface area contributed by atoms with Gasteiger partial charge in [0.15, 0.2) is 11.6 Å². The van der Waals surface area contributed by atoms with Crippen molar-refractivity contribution in [3.05, 3.63) is 47.6 Å². The summed E-state index contributed by atoms with van der Waals surface area (Å²) in [5.41, 5.74) is 13.9. The lowest BCUT2D eigenvalue weighted by molar-refractivity contribution is 0.510. The largest absolute Gasteiger partial charge is 0.404 e. The van der Waals surface area contributed by atoms with Gasteiger partial charge in [-0.15, -0.1) is 0 Å². The van der Waals surface area contributed by atoms with Crippen LogP contribution in [-0.2, 0) is 0 Å². The molecule has 4 nitrogen and oxygen atoms in total. The molecule has 3 rings (SSSR count). The quantitative estimate of drug-likeness (QED) is 0.852. The van der Waals surface area contributed by atoms with Gasteiger partial charge in [-0.1, -0.05) is 6.92 Å². The molecule has 1 aliphatic rings. The molecule has 1 aliphatic carbocycles. The first-order valence-corrected chi connectivity index (χ1v) is 7.30. The molecule has 0 spiro atoms. The van der Waals surface area contributed by atoms with Crippen LogP contribution in [0.15, 0.2) is 30.1 Å². The smallest absolute Gasteiger partial charge is 0.161 e. The van der Waals surface area contributed by atoms with Gasteiger partial charge >= 0.3 is 0 Å². The first-order chi connectivity index (χ1) is 10.5. The summed E-state index contributed by atoms with van der Waals surface area (Å²) in [5, 5.41) is 0. The summed E-state index contributed by atoms with van der Waals surface area (Å²) in [6, 6.07) is 2.56. The lowest BCUT2D eigenvalue weighted by Gasteiger charge is -2.09. The standard InChI is InChI=1S/C16H18F2N4/c1-2-10(20)5-9(8-19)16-21-14-6-12(17)13(18)7-15(14)22(16)11-3-4-11/h5-8,11H,2-4,19-20H2,1H3/b9-8+,10-5-. The average molecular weight is 304 g/mol. The van der Waals surface area contributed by atoms with E-state index in [-0.39, 0.29) is 6.04 Å². The van der Waals surface area contributed by atoms with Gasteiger partial charge in [-0.05, 0) is 25.3 Å². The number of imidazole rings is 1. The van der Waals surface area contributed by atoms with Gasteiger partial charge in [0.1, 0.15) is 5.82 Å². The number of nitrogens with two attached hydrogens (primary N) is 2. The van der Waals surface area contributed by atoms with Crippen molar-refractivity contribution in [2.24, 2.45) is 11.5 Å². The second-order valence-electron chi connectivity index (χ2n) is 5.49. The summed E-state index contributed by atoms with van der Waals surface area (Å²) in [6.45, 7) is 1.94. The van der Waals surface area contributed by atoms with Crippen molar-refractivity contribution in [1.82, 2.24) is 9.55 Å². The van der Waals surface area contributed by atoms with E-state index >= 15 is 0 Å². The molecule has 0 saturated heterocycles. The van der Waals surface area contributed by atoms with Crippen molar-refractivity contribution in [2.45, 2.75) is 32.2 Å². The summed E-state index contributed by atoms with van der Waals surface area (Å²) in [5.74, 6) is -1.18. The number of aromatic nitrogens is 2. The van der Waals surface area contributed by atoms with Gasteiger partial charge < -0.3 is 16.0 Å². The van der Waals surface area contributed by atoms with Crippen molar-refractivity contribution in [1.29, 1.82) is 0 Å². The van der Waals surface area contributed by atoms with Crippen LogP contribution in [0.3, 0.4) is 0 Å². The maximum Gasteiger partial charge on any atom is 0.161 e. The van der Waals surface area contributed by atoms with E-state index in [1.807, 2.05) is 11.5 Å². The van der Waals surface area contributed by atoms with Crippen LogP contribution in [0.2, 0.25) is 0 Å². The summed E-state index contributed by atoms with van der Waals surface area (Å²) < 4.78 is 29.0. The average Bonchev–Trinajstić information content (AvgIpc) is 3.28. The van der Waals surface area contributed by atoms with Gasteiger partial charge in [0.2, 0.25) is 0 Å². The Hall–Kier alpha value is -2.37. The van der Waals surface area contributed by atoms with Crippen molar-refractivity contribution < 1.29 is 8.78 Å². The first-order valence-electron chi connectivity index (χ1n) is 7.30. The predicted octanol–water partition coefficient (Wildman–Crippen LogP) is 3.20. The fourth-order valence-corrected chi connectivity index (χ4v) is 2.49. The molecule has 0 aliphatic heterocycles. The van der Waals surface area contributed by atoms with Gasteiger partial charge in [0, 0.05) is 35.6 Å². The Morgan fingerprint density at radius 2 is 2.05 bits per heavy atom.